The van der Waals surface area contributed by atoms with E-state index in [2.05, 4.69) is 32.9 Å². The molecule has 1 aromatic rings. The predicted molar refractivity (Wildman–Crippen MR) is 93.1 cm³/mol. The van der Waals surface area contributed by atoms with Crippen molar-refractivity contribution in [3.63, 3.8) is 0 Å². The minimum absolute atomic E-state index is 0.0514. The number of hydrogen-bond acceptors (Lipinski definition) is 4. The highest BCUT2D eigenvalue weighted by Gasteiger charge is 2.18. The molecule has 1 amide bonds. The summed E-state index contributed by atoms with van der Waals surface area (Å²) in [7, 11) is -2.17. The van der Waals surface area contributed by atoms with Crippen LogP contribution in [0.15, 0.2) is 27.6 Å². The summed E-state index contributed by atoms with van der Waals surface area (Å²) in [6.07, 6.45) is 3.01. The van der Waals surface area contributed by atoms with Crippen molar-refractivity contribution in [3.8, 4) is 0 Å². The summed E-state index contributed by atoms with van der Waals surface area (Å²) >= 11 is 3.29. The largest absolute Gasteiger partial charge is 0.383 e. The van der Waals surface area contributed by atoms with Crippen molar-refractivity contribution < 1.29 is 17.9 Å². The number of unbranched alkanes of at least 4 members (excludes halogenated alkanes) is 2. The molecule has 0 radical (unpaired) electrons. The first-order valence-corrected chi connectivity index (χ1v) is 9.76. The number of carbonyl (C=O) groups excluding carboxylic acids is 1. The van der Waals surface area contributed by atoms with Crippen LogP contribution < -0.4 is 10.0 Å². The molecule has 0 aromatic heterocycles. The van der Waals surface area contributed by atoms with Crippen molar-refractivity contribution in [2.24, 2.45) is 0 Å². The van der Waals surface area contributed by atoms with E-state index in [-0.39, 0.29) is 24.0 Å². The number of nitrogens with one attached hydrogen (secondary N) is 2. The molecule has 0 atom stereocenters. The monoisotopic (exact) mass is 406 g/mol. The van der Waals surface area contributed by atoms with Gasteiger partial charge in [0.1, 0.15) is 0 Å². The van der Waals surface area contributed by atoms with Crippen LogP contribution in [0.1, 0.15) is 36.5 Å². The molecule has 23 heavy (non-hydrogen) atoms. The predicted octanol–water partition coefficient (Wildman–Crippen LogP) is 2.29. The van der Waals surface area contributed by atoms with Crippen molar-refractivity contribution >= 4 is 31.9 Å². The topological polar surface area (TPSA) is 84.5 Å². The van der Waals surface area contributed by atoms with E-state index >= 15 is 0 Å². The quantitative estimate of drug-likeness (QED) is 0.583. The zero-order chi connectivity index (χ0) is 17.3. The molecule has 130 valence electrons. The Morgan fingerprint density at radius 1 is 1.26 bits per heavy atom. The lowest BCUT2D eigenvalue weighted by Crippen LogP contribution is -2.28. The number of halogens is 1. The Balaban J connectivity index is 2.84. The fraction of sp³-hybridized carbons (Fsp3) is 0.533. The Labute approximate surface area is 146 Å². The fourth-order valence-corrected chi connectivity index (χ4v) is 3.34. The standard InChI is InChI=1S/C15H23BrN2O4S/c1-3-4-5-8-17-15(19)13-11-12(6-7-14(13)16)23(20,21)18-9-10-22-2/h6-7,11,18H,3-5,8-10H2,1-2H3,(H,17,19). The molecule has 1 aromatic carbocycles. The number of sulfonamides is 1. The van der Waals surface area contributed by atoms with E-state index < -0.39 is 10.0 Å². The highest BCUT2D eigenvalue weighted by atomic mass is 79.9. The van der Waals surface area contributed by atoms with E-state index in [0.717, 1.165) is 19.3 Å². The van der Waals surface area contributed by atoms with Gasteiger partial charge < -0.3 is 10.1 Å². The Hall–Kier alpha value is -0.960. The molecule has 6 nitrogen and oxygen atoms in total. The SMILES string of the molecule is CCCCCNC(=O)c1cc(S(=O)(=O)NCCOC)ccc1Br. The van der Waals surface area contributed by atoms with Gasteiger partial charge in [-0.05, 0) is 40.5 Å². The summed E-state index contributed by atoms with van der Waals surface area (Å²) in [6, 6.07) is 4.38. The molecule has 0 aliphatic heterocycles. The molecule has 0 unspecified atom stereocenters. The first kappa shape index (κ1) is 20.1. The third-order valence-electron chi connectivity index (χ3n) is 3.16. The average Bonchev–Trinajstić information content (AvgIpc) is 2.51. The van der Waals surface area contributed by atoms with E-state index in [0.29, 0.717) is 16.6 Å². The molecule has 0 fully saturated rings. The van der Waals surface area contributed by atoms with E-state index in [4.69, 9.17) is 4.74 Å². The number of carbonyl (C=O) groups is 1. The molecular weight excluding hydrogens is 384 g/mol. The van der Waals surface area contributed by atoms with E-state index in [1.807, 2.05) is 0 Å². The second-order valence-corrected chi connectivity index (χ2v) is 7.62. The second-order valence-electron chi connectivity index (χ2n) is 5.00. The lowest BCUT2D eigenvalue weighted by molar-refractivity contribution is 0.0952. The maximum atomic E-state index is 12.2. The van der Waals surface area contributed by atoms with Crippen LogP contribution in [-0.4, -0.2) is 41.1 Å². The molecule has 0 aliphatic rings. The van der Waals surface area contributed by atoms with E-state index in [1.165, 1.54) is 19.2 Å². The number of methoxy groups -OCH3 is 1. The molecule has 0 aliphatic carbocycles. The van der Waals surface area contributed by atoms with Crippen molar-refractivity contribution in [2.45, 2.75) is 31.1 Å². The van der Waals surface area contributed by atoms with Gasteiger partial charge in [-0.1, -0.05) is 19.8 Å². The number of benzene rings is 1. The van der Waals surface area contributed by atoms with Crippen LogP contribution in [0, 0.1) is 0 Å². The van der Waals surface area contributed by atoms with E-state index in [1.54, 1.807) is 6.07 Å². The highest BCUT2D eigenvalue weighted by Crippen LogP contribution is 2.21. The summed E-state index contributed by atoms with van der Waals surface area (Å²) < 4.78 is 32.2. The van der Waals surface area contributed by atoms with Crippen molar-refractivity contribution in [2.75, 3.05) is 26.8 Å². The normalized spacial score (nSPS) is 11.4. The van der Waals surface area contributed by atoms with Gasteiger partial charge in [0.25, 0.3) is 5.91 Å². The van der Waals surface area contributed by atoms with Crippen LogP contribution in [-0.2, 0) is 14.8 Å². The number of hydrogen-bond donors (Lipinski definition) is 2. The van der Waals surface area contributed by atoms with Gasteiger partial charge in [-0.3, -0.25) is 4.79 Å². The Morgan fingerprint density at radius 3 is 2.65 bits per heavy atom. The maximum Gasteiger partial charge on any atom is 0.252 e. The Morgan fingerprint density at radius 2 is 2.00 bits per heavy atom. The van der Waals surface area contributed by atoms with Crippen molar-refractivity contribution in [1.29, 1.82) is 0 Å². The van der Waals surface area contributed by atoms with Crippen LogP contribution in [0.25, 0.3) is 0 Å². The van der Waals surface area contributed by atoms with E-state index in [9.17, 15) is 13.2 Å². The zero-order valence-corrected chi connectivity index (χ0v) is 15.8. The van der Waals surface area contributed by atoms with Crippen LogP contribution in [0.5, 0.6) is 0 Å². The molecule has 0 spiro atoms. The highest BCUT2D eigenvalue weighted by molar-refractivity contribution is 9.10. The Kier molecular flexibility index (Phi) is 8.75. The summed E-state index contributed by atoms with van der Waals surface area (Å²) in [4.78, 5) is 12.2. The maximum absolute atomic E-state index is 12.2. The lowest BCUT2D eigenvalue weighted by atomic mass is 10.2. The van der Waals surface area contributed by atoms with Crippen LogP contribution in [0.2, 0.25) is 0 Å². The summed E-state index contributed by atoms with van der Waals surface area (Å²) in [5, 5.41) is 2.80. The van der Waals surface area contributed by atoms with Gasteiger partial charge in [0.2, 0.25) is 10.0 Å². The fourth-order valence-electron chi connectivity index (χ4n) is 1.88. The summed E-state index contributed by atoms with van der Waals surface area (Å²) in [5.74, 6) is -0.290. The van der Waals surface area contributed by atoms with Gasteiger partial charge in [-0.2, -0.15) is 0 Å². The average molecular weight is 407 g/mol. The zero-order valence-electron chi connectivity index (χ0n) is 13.4. The minimum Gasteiger partial charge on any atom is -0.383 e. The van der Waals surface area contributed by atoms with Gasteiger partial charge in [0.05, 0.1) is 17.1 Å². The first-order chi connectivity index (χ1) is 10.9. The van der Waals surface area contributed by atoms with Crippen molar-refractivity contribution in [1.82, 2.24) is 10.0 Å². The smallest absolute Gasteiger partial charge is 0.252 e. The summed E-state index contributed by atoms with van der Waals surface area (Å²) in [6.45, 7) is 3.11. The van der Waals surface area contributed by atoms with Crippen LogP contribution in [0.3, 0.4) is 0 Å². The van der Waals surface area contributed by atoms with Crippen LogP contribution in [0.4, 0.5) is 0 Å². The lowest BCUT2D eigenvalue weighted by Gasteiger charge is -2.10. The number of rotatable bonds is 10. The second kappa shape index (κ2) is 10.0. The molecule has 0 saturated carbocycles. The summed E-state index contributed by atoms with van der Waals surface area (Å²) in [5.41, 5.74) is 0.302. The number of amides is 1. The molecule has 0 heterocycles. The first-order valence-electron chi connectivity index (χ1n) is 7.48. The van der Waals surface area contributed by atoms with Crippen molar-refractivity contribution in [3.05, 3.63) is 28.2 Å². The minimum atomic E-state index is -3.67. The van der Waals surface area contributed by atoms with Gasteiger partial charge in [0.15, 0.2) is 0 Å². The molecule has 2 N–H and O–H groups in total. The van der Waals surface area contributed by atoms with Gasteiger partial charge >= 0.3 is 0 Å². The third-order valence-corrected chi connectivity index (χ3v) is 5.31. The van der Waals surface area contributed by atoms with Gasteiger partial charge in [-0.15, -0.1) is 0 Å². The molecular formula is C15H23BrN2O4S. The van der Waals surface area contributed by atoms with Crippen LogP contribution >= 0.6 is 15.9 Å². The molecule has 0 saturated heterocycles. The molecule has 0 bridgehead atoms. The van der Waals surface area contributed by atoms with Gasteiger partial charge in [-0.25, -0.2) is 13.1 Å². The third kappa shape index (κ3) is 6.58. The molecule has 1 rings (SSSR count). The Bertz CT molecular complexity index is 620. The van der Waals surface area contributed by atoms with Gasteiger partial charge in [0, 0.05) is 24.7 Å². The molecule has 8 heteroatoms. The number of ether oxygens (including phenoxy) is 1.